The zero-order chi connectivity index (χ0) is 19.2. The summed E-state index contributed by atoms with van der Waals surface area (Å²) in [5.41, 5.74) is 2.32. The van der Waals surface area contributed by atoms with Crippen molar-refractivity contribution in [2.24, 2.45) is 4.99 Å². The van der Waals surface area contributed by atoms with Crippen molar-refractivity contribution in [3.63, 3.8) is 0 Å². The monoisotopic (exact) mass is 368 g/mol. The quantitative estimate of drug-likeness (QED) is 0.415. The molecule has 0 aliphatic carbocycles. The maximum atomic E-state index is 12.9. The van der Waals surface area contributed by atoms with Gasteiger partial charge in [0.2, 0.25) is 11.7 Å². The van der Waals surface area contributed by atoms with Gasteiger partial charge in [0.15, 0.2) is 11.5 Å². The molecule has 0 amide bonds. The lowest BCUT2D eigenvalue weighted by Gasteiger charge is -2.39. The molecule has 0 aromatic carbocycles. The smallest absolute Gasteiger partial charge is 0.283 e. The number of rotatable bonds is 4. The van der Waals surface area contributed by atoms with E-state index < -0.39 is 29.2 Å². The van der Waals surface area contributed by atoms with E-state index in [9.17, 15) is 25.3 Å². The Hall–Kier alpha value is -2.05. The molecule has 11 nitrogen and oxygen atoms in total. The van der Waals surface area contributed by atoms with E-state index in [1.54, 1.807) is 0 Å². The summed E-state index contributed by atoms with van der Waals surface area (Å²) >= 11 is 0. The van der Waals surface area contributed by atoms with Gasteiger partial charge in [0, 0.05) is 12.6 Å². The lowest BCUT2D eigenvalue weighted by molar-refractivity contribution is -0.112. The third-order valence-corrected chi connectivity index (χ3v) is 5.04. The molecule has 4 unspecified atom stereocenters. The molecule has 0 saturated carbocycles. The maximum absolute atomic E-state index is 12.9. The van der Waals surface area contributed by atoms with Gasteiger partial charge < -0.3 is 26.0 Å². The Morgan fingerprint density at radius 2 is 2.15 bits per heavy atom. The number of hydrogen-bond acceptors (Lipinski definition) is 10. The number of aliphatic hydroxyl groups excluding tert-OH is 2. The lowest BCUT2D eigenvalue weighted by atomic mass is 10.0. The van der Waals surface area contributed by atoms with Gasteiger partial charge in [-0.05, 0) is 33.4 Å². The number of hydroxylamine groups is 1. The number of hydrogen-bond donors (Lipinski definition) is 5. The highest BCUT2D eigenvalue weighted by Crippen LogP contribution is 2.33. The Labute approximate surface area is 149 Å². The molecular weight excluding hydrogens is 344 g/mol. The standard InChI is InChI=1S/C15H24N6O5/c1-8(22)11(23)15(25)7-17-12-10(21(15)26)13(24)20(14(16)18-12)6-9-4-3-5-19(9)2/h7-9,11,22-23,25-26H,3-6H2,1-2H3,(H2,16,18). The molecule has 0 spiro atoms. The number of anilines is 2. The molecule has 3 heterocycles. The molecular formula is C15H24N6O5. The van der Waals surface area contributed by atoms with Gasteiger partial charge in [0.25, 0.3) is 5.56 Å². The topological polar surface area (TPSA) is 161 Å². The fourth-order valence-corrected chi connectivity index (χ4v) is 3.37. The molecule has 11 heteroatoms. The van der Waals surface area contributed by atoms with Gasteiger partial charge >= 0.3 is 0 Å². The second kappa shape index (κ2) is 6.59. The fraction of sp³-hybridized carbons (Fsp3) is 0.667. The lowest BCUT2D eigenvalue weighted by Crippen LogP contribution is -2.62. The van der Waals surface area contributed by atoms with Crippen LogP contribution in [0, 0.1) is 0 Å². The van der Waals surface area contributed by atoms with Crippen molar-refractivity contribution in [1.82, 2.24) is 14.5 Å². The van der Waals surface area contributed by atoms with Gasteiger partial charge in [-0.1, -0.05) is 0 Å². The summed E-state index contributed by atoms with van der Waals surface area (Å²) in [5, 5.41) is 40.7. The molecule has 3 rings (SSSR count). The fourth-order valence-electron chi connectivity index (χ4n) is 3.37. The highest BCUT2D eigenvalue weighted by atomic mass is 16.6. The van der Waals surface area contributed by atoms with Crippen LogP contribution in [0.4, 0.5) is 17.5 Å². The zero-order valence-corrected chi connectivity index (χ0v) is 14.6. The van der Waals surface area contributed by atoms with Gasteiger partial charge in [-0.2, -0.15) is 4.98 Å². The molecule has 2 aliphatic heterocycles. The predicted molar refractivity (Wildman–Crippen MR) is 93.6 cm³/mol. The van der Waals surface area contributed by atoms with Crippen molar-refractivity contribution in [3.8, 4) is 0 Å². The molecule has 1 saturated heterocycles. The number of nitrogens with zero attached hydrogens (tertiary/aromatic N) is 5. The minimum atomic E-state index is -2.47. The van der Waals surface area contributed by atoms with Crippen LogP contribution in [-0.2, 0) is 6.54 Å². The van der Waals surface area contributed by atoms with Gasteiger partial charge in [0.1, 0.15) is 6.10 Å². The normalized spacial score (nSPS) is 28.2. The molecule has 6 N–H and O–H groups in total. The molecule has 144 valence electrons. The van der Waals surface area contributed by atoms with Crippen LogP contribution in [0.5, 0.6) is 0 Å². The molecule has 0 radical (unpaired) electrons. The van der Waals surface area contributed by atoms with Crippen molar-refractivity contribution >= 4 is 23.7 Å². The third-order valence-electron chi connectivity index (χ3n) is 5.04. The molecule has 1 fully saturated rings. The number of likely N-dealkylation sites (N-methyl/N-ethyl adjacent to an activating group) is 1. The SMILES string of the molecule is CC(O)C(O)C1(O)C=Nc2nc(N)n(CC3CCCN3C)c(=O)c2N1O. The second-order valence-corrected chi connectivity index (χ2v) is 6.87. The van der Waals surface area contributed by atoms with Crippen LogP contribution < -0.4 is 16.4 Å². The van der Waals surface area contributed by atoms with Crippen molar-refractivity contribution in [2.45, 2.75) is 50.3 Å². The van der Waals surface area contributed by atoms with E-state index in [1.807, 2.05) is 7.05 Å². The third kappa shape index (κ3) is 2.87. The summed E-state index contributed by atoms with van der Waals surface area (Å²) in [7, 11) is 1.95. The molecule has 26 heavy (non-hydrogen) atoms. The van der Waals surface area contributed by atoms with Crippen LogP contribution in [0.1, 0.15) is 19.8 Å². The summed E-state index contributed by atoms with van der Waals surface area (Å²) in [6.45, 7) is 2.42. The van der Waals surface area contributed by atoms with E-state index in [0.29, 0.717) is 0 Å². The average molecular weight is 368 g/mol. The number of aromatic nitrogens is 2. The van der Waals surface area contributed by atoms with Crippen LogP contribution in [0.15, 0.2) is 9.79 Å². The van der Waals surface area contributed by atoms with E-state index in [-0.39, 0.29) is 29.4 Å². The van der Waals surface area contributed by atoms with Crippen molar-refractivity contribution < 1.29 is 20.5 Å². The second-order valence-electron chi connectivity index (χ2n) is 6.87. The highest BCUT2D eigenvalue weighted by Gasteiger charge is 2.47. The largest absolute Gasteiger partial charge is 0.391 e. The van der Waals surface area contributed by atoms with Crippen LogP contribution in [0.25, 0.3) is 0 Å². The van der Waals surface area contributed by atoms with Crippen molar-refractivity contribution in [3.05, 3.63) is 10.4 Å². The molecule has 2 aliphatic rings. The highest BCUT2D eigenvalue weighted by molar-refractivity contribution is 5.84. The molecule has 0 bridgehead atoms. The van der Waals surface area contributed by atoms with Crippen LogP contribution in [-0.4, -0.2) is 78.8 Å². The van der Waals surface area contributed by atoms with Gasteiger partial charge in [-0.25, -0.2) is 10.1 Å². The van der Waals surface area contributed by atoms with Crippen molar-refractivity contribution in [2.75, 3.05) is 24.4 Å². The van der Waals surface area contributed by atoms with E-state index in [2.05, 4.69) is 14.9 Å². The van der Waals surface area contributed by atoms with Gasteiger partial charge in [-0.15, -0.1) is 0 Å². The first kappa shape index (κ1) is 18.7. The summed E-state index contributed by atoms with van der Waals surface area (Å²) in [5.74, 6) is -0.227. The minimum Gasteiger partial charge on any atom is -0.391 e. The van der Waals surface area contributed by atoms with Crippen LogP contribution in [0.3, 0.4) is 0 Å². The number of nitrogen functional groups attached to an aromatic ring is 1. The Morgan fingerprint density at radius 1 is 1.46 bits per heavy atom. The maximum Gasteiger partial charge on any atom is 0.283 e. The van der Waals surface area contributed by atoms with E-state index in [1.165, 1.54) is 11.5 Å². The Balaban J connectivity index is 2.04. The van der Waals surface area contributed by atoms with Gasteiger partial charge in [-0.3, -0.25) is 14.6 Å². The number of likely N-dealkylation sites (tertiary alicyclic amines) is 1. The van der Waals surface area contributed by atoms with Crippen LogP contribution in [0.2, 0.25) is 0 Å². The first-order valence-corrected chi connectivity index (χ1v) is 8.40. The molecule has 1 aromatic heterocycles. The summed E-state index contributed by atoms with van der Waals surface area (Å²) < 4.78 is 1.21. The van der Waals surface area contributed by atoms with Crippen molar-refractivity contribution in [1.29, 1.82) is 0 Å². The van der Waals surface area contributed by atoms with E-state index in [0.717, 1.165) is 25.6 Å². The number of fused-ring (bicyclic) bond motifs is 1. The minimum absolute atomic E-state index is 0.0545. The van der Waals surface area contributed by atoms with Gasteiger partial charge in [0.05, 0.1) is 12.3 Å². The summed E-state index contributed by atoms with van der Waals surface area (Å²) in [4.78, 5) is 22.9. The molecule has 4 atom stereocenters. The van der Waals surface area contributed by atoms with E-state index >= 15 is 0 Å². The number of aliphatic hydroxyl groups is 3. The number of aliphatic imine (C=N–C) groups is 1. The van der Waals surface area contributed by atoms with Crippen LogP contribution >= 0.6 is 0 Å². The average Bonchev–Trinajstić information content (AvgIpc) is 2.99. The van der Waals surface area contributed by atoms with E-state index in [4.69, 9.17) is 5.73 Å². The predicted octanol–water partition coefficient (Wildman–Crippen LogP) is -1.74. The first-order valence-electron chi connectivity index (χ1n) is 8.40. The summed E-state index contributed by atoms with van der Waals surface area (Å²) in [6, 6.07) is 0.0935. The first-order chi connectivity index (χ1) is 12.2. The Bertz CT molecular complexity index is 781. The molecule has 1 aromatic rings. The Morgan fingerprint density at radius 3 is 2.73 bits per heavy atom. The Kier molecular flexibility index (Phi) is 4.75. The zero-order valence-electron chi connectivity index (χ0n) is 14.6. The number of nitrogens with two attached hydrogens (primary N) is 1. The summed E-state index contributed by atoms with van der Waals surface area (Å²) in [6.07, 6.45) is -0.487.